The highest BCUT2D eigenvalue weighted by atomic mass is 79.9. The molecule has 1 rings (SSSR count). The zero-order chi connectivity index (χ0) is 10.6. The SMILES string of the molecule is CC(C)CSCc1ccc(Br)cc1F. The average molecular weight is 277 g/mol. The summed E-state index contributed by atoms with van der Waals surface area (Å²) in [4.78, 5) is 0. The third-order valence-electron chi connectivity index (χ3n) is 1.72. The van der Waals surface area contributed by atoms with Crippen molar-refractivity contribution < 1.29 is 4.39 Å². The molecule has 0 aromatic heterocycles. The standard InChI is InChI=1S/C11H14BrFS/c1-8(2)6-14-7-9-3-4-10(12)5-11(9)13/h3-5,8H,6-7H2,1-2H3. The molecule has 0 heterocycles. The van der Waals surface area contributed by atoms with Crippen molar-refractivity contribution in [2.24, 2.45) is 5.92 Å². The van der Waals surface area contributed by atoms with Gasteiger partial charge in [0.1, 0.15) is 5.82 Å². The quantitative estimate of drug-likeness (QED) is 0.782. The van der Waals surface area contributed by atoms with Gasteiger partial charge in [-0.1, -0.05) is 35.8 Å². The predicted molar refractivity (Wildman–Crippen MR) is 65.1 cm³/mol. The Morgan fingerprint density at radius 1 is 1.43 bits per heavy atom. The van der Waals surface area contributed by atoms with Crippen molar-refractivity contribution in [1.82, 2.24) is 0 Å². The van der Waals surface area contributed by atoms with Crippen LogP contribution in [0.4, 0.5) is 4.39 Å². The van der Waals surface area contributed by atoms with Crippen molar-refractivity contribution in [2.75, 3.05) is 5.75 Å². The maximum atomic E-state index is 13.3. The maximum absolute atomic E-state index is 13.3. The van der Waals surface area contributed by atoms with E-state index in [0.29, 0.717) is 5.92 Å². The Morgan fingerprint density at radius 3 is 2.71 bits per heavy atom. The first-order chi connectivity index (χ1) is 6.59. The van der Waals surface area contributed by atoms with Crippen LogP contribution in [0.1, 0.15) is 19.4 Å². The van der Waals surface area contributed by atoms with Crippen LogP contribution in [0.15, 0.2) is 22.7 Å². The molecule has 0 unspecified atom stereocenters. The molecular formula is C11H14BrFS. The Balaban J connectivity index is 2.51. The molecule has 14 heavy (non-hydrogen) atoms. The third-order valence-corrected chi connectivity index (χ3v) is 3.63. The van der Waals surface area contributed by atoms with Gasteiger partial charge < -0.3 is 0 Å². The van der Waals surface area contributed by atoms with Crippen LogP contribution < -0.4 is 0 Å². The summed E-state index contributed by atoms with van der Waals surface area (Å²) in [5.41, 5.74) is 0.791. The number of hydrogen-bond donors (Lipinski definition) is 0. The molecule has 0 fully saturated rings. The van der Waals surface area contributed by atoms with Gasteiger partial charge in [-0.25, -0.2) is 4.39 Å². The Morgan fingerprint density at radius 2 is 2.14 bits per heavy atom. The van der Waals surface area contributed by atoms with E-state index in [0.717, 1.165) is 21.5 Å². The van der Waals surface area contributed by atoms with Crippen molar-refractivity contribution in [3.63, 3.8) is 0 Å². The third kappa shape index (κ3) is 4.01. The molecule has 0 N–H and O–H groups in total. The molecule has 0 atom stereocenters. The summed E-state index contributed by atoms with van der Waals surface area (Å²) >= 11 is 5.02. The topological polar surface area (TPSA) is 0 Å². The molecule has 0 amide bonds. The van der Waals surface area contributed by atoms with E-state index in [1.165, 1.54) is 6.07 Å². The molecule has 0 spiro atoms. The summed E-state index contributed by atoms with van der Waals surface area (Å²) in [6, 6.07) is 5.24. The molecule has 0 saturated heterocycles. The highest BCUT2D eigenvalue weighted by molar-refractivity contribution is 9.10. The first-order valence-electron chi connectivity index (χ1n) is 4.61. The van der Waals surface area contributed by atoms with Gasteiger partial charge in [0.25, 0.3) is 0 Å². The molecule has 0 radical (unpaired) electrons. The summed E-state index contributed by atoms with van der Waals surface area (Å²) in [6.07, 6.45) is 0. The van der Waals surface area contributed by atoms with E-state index in [2.05, 4.69) is 29.8 Å². The van der Waals surface area contributed by atoms with Crippen molar-refractivity contribution in [3.8, 4) is 0 Å². The van der Waals surface area contributed by atoms with Crippen molar-refractivity contribution in [1.29, 1.82) is 0 Å². The predicted octanol–water partition coefficient (Wildman–Crippen LogP) is 4.48. The van der Waals surface area contributed by atoms with Crippen LogP contribution in [0.5, 0.6) is 0 Å². The largest absolute Gasteiger partial charge is 0.207 e. The van der Waals surface area contributed by atoms with Gasteiger partial charge >= 0.3 is 0 Å². The van der Waals surface area contributed by atoms with Gasteiger partial charge in [0.05, 0.1) is 0 Å². The van der Waals surface area contributed by atoms with Gasteiger partial charge in [-0.05, 0) is 29.4 Å². The Kier molecular flexibility index (Phi) is 4.96. The molecule has 0 nitrogen and oxygen atoms in total. The van der Waals surface area contributed by atoms with Gasteiger partial charge in [-0.15, -0.1) is 0 Å². The lowest BCUT2D eigenvalue weighted by Gasteiger charge is -2.05. The minimum atomic E-state index is -0.115. The number of halogens is 2. The van der Waals surface area contributed by atoms with Gasteiger partial charge in [-0.2, -0.15) is 11.8 Å². The Bertz CT molecular complexity index is 299. The lowest BCUT2D eigenvalue weighted by atomic mass is 10.2. The molecule has 1 aromatic rings. The Hall–Kier alpha value is -0.0200. The molecule has 1 aromatic carbocycles. The number of benzene rings is 1. The van der Waals surface area contributed by atoms with Gasteiger partial charge in [0.15, 0.2) is 0 Å². The van der Waals surface area contributed by atoms with Crippen LogP contribution in [0.2, 0.25) is 0 Å². The van der Waals surface area contributed by atoms with Crippen LogP contribution in [-0.2, 0) is 5.75 Å². The highest BCUT2D eigenvalue weighted by Crippen LogP contribution is 2.20. The zero-order valence-electron chi connectivity index (χ0n) is 8.39. The summed E-state index contributed by atoms with van der Waals surface area (Å²) < 4.78 is 14.1. The second-order valence-corrected chi connectivity index (χ2v) is 5.59. The van der Waals surface area contributed by atoms with Gasteiger partial charge in [-0.3, -0.25) is 0 Å². The average Bonchev–Trinajstić information content (AvgIpc) is 2.08. The van der Waals surface area contributed by atoms with Crippen LogP contribution >= 0.6 is 27.7 Å². The lowest BCUT2D eigenvalue weighted by molar-refractivity contribution is 0.616. The van der Waals surface area contributed by atoms with E-state index in [4.69, 9.17) is 0 Å². The molecule has 78 valence electrons. The van der Waals surface area contributed by atoms with Crippen LogP contribution in [0, 0.1) is 11.7 Å². The summed E-state index contributed by atoms with van der Waals surface area (Å²) in [7, 11) is 0. The van der Waals surface area contributed by atoms with E-state index >= 15 is 0 Å². The van der Waals surface area contributed by atoms with Crippen LogP contribution in [0.3, 0.4) is 0 Å². The molecule has 0 bridgehead atoms. The van der Waals surface area contributed by atoms with Crippen LogP contribution in [-0.4, -0.2) is 5.75 Å². The monoisotopic (exact) mass is 276 g/mol. The number of rotatable bonds is 4. The molecule has 0 saturated carbocycles. The normalized spacial score (nSPS) is 10.9. The number of thioether (sulfide) groups is 1. The molecular weight excluding hydrogens is 263 g/mol. The van der Waals surface area contributed by atoms with E-state index < -0.39 is 0 Å². The lowest BCUT2D eigenvalue weighted by Crippen LogP contribution is -1.93. The second-order valence-electron chi connectivity index (χ2n) is 3.64. The molecule has 0 aliphatic carbocycles. The fourth-order valence-corrected chi connectivity index (χ4v) is 2.42. The number of hydrogen-bond acceptors (Lipinski definition) is 1. The van der Waals surface area contributed by atoms with Crippen molar-refractivity contribution in [2.45, 2.75) is 19.6 Å². The smallest absolute Gasteiger partial charge is 0.128 e. The van der Waals surface area contributed by atoms with Gasteiger partial charge in [0.2, 0.25) is 0 Å². The van der Waals surface area contributed by atoms with Gasteiger partial charge in [0, 0.05) is 10.2 Å². The second kappa shape index (κ2) is 5.76. The van der Waals surface area contributed by atoms with E-state index in [1.54, 1.807) is 11.8 Å². The molecule has 3 heteroatoms. The summed E-state index contributed by atoms with van der Waals surface area (Å²) in [5.74, 6) is 2.39. The van der Waals surface area contributed by atoms with E-state index in [1.807, 2.05) is 12.1 Å². The zero-order valence-corrected chi connectivity index (χ0v) is 10.8. The highest BCUT2D eigenvalue weighted by Gasteiger charge is 2.03. The summed E-state index contributed by atoms with van der Waals surface area (Å²) in [6.45, 7) is 4.34. The maximum Gasteiger partial charge on any atom is 0.128 e. The van der Waals surface area contributed by atoms with E-state index in [-0.39, 0.29) is 5.82 Å². The summed E-state index contributed by atoms with van der Waals surface area (Å²) in [5, 5.41) is 0. The minimum Gasteiger partial charge on any atom is -0.207 e. The van der Waals surface area contributed by atoms with Crippen molar-refractivity contribution >= 4 is 27.7 Å². The fraction of sp³-hybridized carbons (Fsp3) is 0.455. The molecule has 0 aliphatic heterocycles. The molecule has 0 aliphatic rings. The van der Waals surface area contributed by atoms with Crippen molar-refractivity contribution in [3.05, 3.63) is 34.1 Å². The van der Waals surface area contributed by atoms with E-state index in [9.17, 15) is 4.39 Å². The van der Waals surface area contributed by atoms with Crippen LogP contribution in [0.25, 0.3) is 0 Å². The fourth-order valence-electron chi connectivity index (χ4n) is 1.04. The first-order valence-corrected chi connectivity index (χ1v) is 6.56. The Labute approximate surface area is 97.4 Å². The first kappa shape index (κ1) is 12.1. The minimum absolute atomic E-state index is 0.115.